The minimum atomic E-state index is -3.42. The second-order valence-electron chi connectivity index (χ2n) is 5.24. The molecule has 3 heterocycles. The van der Waals surface area contributed by atoms with E-state index >= 15 is 0 Å². The predicted octanol–water partition coefficient (Wildman–Crippen LogP) is 1.30. The lowest BCUT2D eigenvalue weighted by molar-refractivity contribution is 0.0697. The van der Waals surface area contributed by atoms with Gasteiger partial charge in [-0.1, -0.05) is 0 Å². The average molecular weight is 300 g/mol. The van der Waals surface area contributed by atoms with Gasteiger partial charge in [0.05, 0.1) is 19.3 Å². The number of hydrogen-bond donors (Lipinski definition) is 0. The standard InChI is InChI=1S/C13H20N2O4S/c1-11-4-5-13(19-11)12-3-2-6-15(12)20(16,17)14-7-9-18-10-8-14/h4-5,12H,2-3,6-10H2,1H3. The molecule has 0 N–H and O–H groups in total. The molecule has 1 unspecified atom stereocenters. The predicted molar refractivity (Wildman–Crippen MR) is 73.4 cm³/mol. The fraction of sp³-hybridized carbons (Fsp3) is 0.692. The maximum absolute atomic E-state index is 12.7. The monoisotopic (exact) mass is 300 g/mol. The van der Waals surface area contributed by atoms with Crippen LogP contribution < -0.4 is 0 Å². The molecule has 0 aromatic carbocycles. The van der Waals surface area contributed by atoms with Crippen LogP contribution in [-0.4, -0.2) is 49.9 Å². The number of morpholine rings is 1. The Balaban J connectivity index is 1.84. The van der Waals surface area contributed by atoms with Crippen molar-refractivity contribution in [3.8, 4) is 0 Å². The third-order valence-corrected chi connectivity index (χ3v) is 5.93. The van der Waals surface area contributed by atoms with Crippen LogP contribution in [0.2, 0.25) is 0 Å². The fourth-order valence-electron chi connectivity index (χ4n) is 2.86. The Morgan fingerprint density at radius 3 is 2.60 bits per heavy atom. The maximum atomic E-state index is 12.7. The molecule has 20 heavy (non-hydrogen) atoms. The molecule has 0 amide bonds. The highest BCUT2D eigenvalue weighted by atomic mass is 32.2. The van der Waals surface area contributed by atoms with Crippen molar-refractivity contribution < 1.29 is 17.6 Å². The first-order valence-electron chi connectivity index (χ1n) is 7.00. The number of ether oxygens (including phenoxy) is 1. The van der Waals surface area contributed by atoms with Crippen LogP contribution in [-0.2, 0) is 14.9 Å². The third kappa shape index (κ3) is 2.50. The molecule has 1 aromatic heterocycles. The van der Waals surface area contributed by atoms with Gasteiger partial charge in [0.15, 0.2) is 0 Å². The summed E-state index contributed by atoms with van der Waals surface area (Å²) in [6, 6.07) is 3.59. The van der Waals surface area contributed by atoms with E-state index in [1.807, 2.05) is 19.1 Å². The topological polar surface area (TPSA) is 63.0 Å². The highest BCUT2D eigenvalue weighted by Crippen LogP contribution is 2.36. The summed E-state index contributed by atoms with van der Waals surface area (Å²) in [6.45, 7) is 4.24. The lowest BCUT2D eigenvalue weighted by Crippen LogP contribution is -2.48. The highest BCUT2D eigenvalue weighted by molar-refractivity contribution is 7.86. The molecule has 0 radical (unpaired) electrons. The van der Waals surface area contributed by atoms with Crippen LogP contribution in [0.15, 0.2) is 16.5 Å². The van der Waals surface area contributed by atoms with Gasteiger partial charge in [0.25, 0.3) is 10.2 Å². The summed E-state index contributed by atoms with van der Waals surface area (Å²) in [5.74, 6) is 1.56. The van der Waals surface area contributed by atoms with E-state index in [4.69, 9.17) is 9.15 Å². The molecule has 2 aliphatic heterocycles. The van der Waals surface area contributed by atoms with E-state index in [2.05, 4.69) is 0 Å². The molecule has 2 aliphatic rings. The van der Waals surface area contributed by atoms with Gasteiger partial charge in [-0.3, -0.25) is 0 Å². The van der Waals surface area contributed by atoms with Gasteiger partial charge in [0.1, 0.15) is 11.5 Å². The van der Waals surface area contributed by atoms with Gasteiger partial charge < -0.3 is 9.15 Å². The quantitative estimate of drug-likeness (QED) is 0.844. The van der Waals surface area contributed by atoms with Crippen molar-refractivity contribution in [2.24, 2.45) is 0 Å². The Kier molecular flexibility index (Phi) is 3.85. The van der Waals surface area contributed by atoms with Gasteiger partial charge in [0, 0.05) is 19.6 Å². The Morgan fingerprint density at radius 1 is 1.20 bits per heavy atom. The third-order valence-electron chi connectivity index (χ3n) is 3.89. The van der Waals surface area contributed by atoms with Crippen molar-refractivity contribution in [1.82, 2.24) is 8.61 Å². The van der Waals surface area contributed by atoms with Gasteiger partial charge >= 0.3 is 0 Å². The van der Waals surface area contributed by atoms with E-state index < -0.39 is 10.2 Å². The summed E-state index contributed by atoms with van der Waals surface area (Å²) in [6.07, 6.45) is 1.69. The van der Waals surface area contributed by atoms with E-state index in [1.165, 1.54) is 4.31 Å². The minimum absolute atomic E-state index is 0.170. The Hall–Kier alpha value is -0.890. The first kappa shape index (κ1) is 14.1. The molecule has 0 bridgehead atoms. The van der Waals surface area contributed by atoms with Crippen molar-refractivity contribution >= 4 is 10.2 Å². The zero-order valence-corrected chi connectivity index (χ0v) is 12.4. The first-order valence-corrected chi connectivity index (χ1v) is 8.40. The lowest BCUT2D eigenvalue weighted by Gasteiger charge is -2.32. The Bertz CT molecular complexity index is 563. The highest BCUT2D eigenvalue weighted by Gasteiger charge is 2.40. The molecular weight excluding hydrogens is 280 g/mol. The van der Waals surface area contributed by atoms with E-state index in [1.54, 1.807) is 4.31 Å². The van der Waals surface area contributed by atoms with Crippen molar-refractivity contribution in [3.05, 3.63) is 23.7 Å². The largest absolute Gasteiger partial charge is 0.465 e. The molecule has 112 valence electrons. The lowest BCUT2D eigenvalue weighted by atomic mass is 10.2. The van der Waals surface area contributed by atoms with Gasteiger partial charge in [0.2, 0.25) is 0 Å². The van der Waals surface area contributed by atoms with Gasteiger partial charge in [-0.05, 0) is 31.9 Å². The zero-order valence-electron chi connectivity index (χ0n) is 11.6. The molecule has 0 aliphatic carbocycles. The number of aryl methyl sites for hydroxylation is 1. The van der Waals surface area contributed by atoms with Gasteiger partial charge in [-0.15, -0.1) is 0 Å². The van der Waals surface area contributed by atoms with Crippen LogP contribution in [0.5, 0.6) is 0 Å². The number of rotatable bonds is 3. The molecule has 6 nitrogen and oxygen atoms in total. The van der Waals surface area contributed by atoms with Crippen LogP contribution in [0.25, 0.3) is 0 Å². The second kappa shape index (κ2) is 5.48. The first-order chi connectivity index (χ1) is 9.59. The fourth-order valence-corrected chi connectivity index (χ4v) is 4.66. The molecule has 1 aromatic rings. The molecule has 7 heteroatoms. The van der Waals surface area contributed by atoms with Crippen molar-refractivity contribution in [3.63, 3.8) is 0 Å². The molecule has 2 fully saturated rings. The van der Waals surface area contributed by atoms with Crippen LogP contribution in [0, 0.1) is 6.92 Å². The molecule has 3 rings (SSSR count). The van der Waals surface area contributed by atoms with Crippen LogP contribution >= 0.6 is 0 Å². The van der Waals surface area contributed by atoms with E-state index in [9.17, 15) is 8.42 Å². The zero-order chi connectivity index (χ0) is 14.2. The van der Waals surface area contributed by atoms with Crippen LogP contribution in [0.4, 0.5) is 0 Å². The smallest absolute Gasteiger partial charge is 0.282 e. The van der Waals surface area contributed by atoms with E-state index in [0.717, 1.165) is 24.4 Å². The minimum Gasteiger partial charge on any atom is -0.465 e. The van der Waals surface area contributed by atoms with Crippen LogP contribution in [0.3, 0.4) is 0 Å². The Morgan fingerprint density at radius 2 is 1.95 bits per heavy atom. The van der Waals surface area contributed by atoms with E-state index in [-0.39, 0.29) is 6.04 Å². The summed E-state index contributed by atoms with van der Waals surface area (Å²) >= 11 is 0. The summed E-state index contributed by atoms with van der Waals surface area (Å²) < 4.78 is 39.4. The summed E-state index contributed by atoms with van der Waals surface area (Å²) in [5.41, 5.74) is 0. The van der Waals surface area contributed by atoms with Gasteiger partial charge in [-0.2, -0.15) is 17.0 Å². The molecule has 2 saturated heterocycles. The van der Waals surface area contributed by atoms with Gasteiger partial charge in [-0.25, -0.2) is 0 Å². The SMILES string of the molecule is Cc1ccc(C2CCCN2S(=O)(=O)N2CCOCC2)o1. The molecule has 1 atom stereocenters. The summed E-state index contributed by atoms with van der Waals surface area (Å²) in [7, 11) is -3.42. The molecule has 0 spiro atoms. The number of hydrogen-bond acceptors (Lipinski definition) is 4. The summed E-state index contributed by atoms with van der Waals surface area (Å²) in [4.78, 5) is 0. The van der Waals surface area contributed by atoms with Crippen LogP contribution in [0.1, 0.15) is 30.4 Å². The summed E-state index contributed by atoms with van der Waals surface area (Å²) in [5, 5.41) is 0. The average Bonchev–Trinajstić information content (AvgIpc) is 3.08. The van der Waals surface area contributed by atoms with Crippen molar-refractivity contribution in [2.45, 2.75) is 25.8 Å². The normalized spacial score (nSPS) is 26.1. The number of furan rings is 1. The van der Waals surface area contributed by atoms with E-state index in [0.29, 0.717) is 32.8 Å². The molecular formula is C13H20N2O4S. The van der Waals surface area contributed by atoms with Crippen molar-refractivity contribution in [2.75, 3.05) is 32.8 Å². The number of nitrogens with zero attached hydrogens (tertiary/aromatic N) is 2. The second-order valence-corrected chi connectivity index (χ2v) is 7.12. The maximum Gasteiger partial charge on any atom is 0.282 e. The van der Waals surface area contributed by atoms with Crippen molar-refractivity contribution in [1.29, 1.82) is 0 Å². The Labute approximate surface area is 119 Å². The molecule has 0 saturated carbocycles.